The van der Waals surface area contributed by atoms with Crippen LogP contribution >= 0.6 is 11.6 Å². The van der Waals surface area contributed by atoms with E-state index in [0.717, 1.165) is 4.57 Å². The molecule has 1 heterocycles. The molecular formula is C25H26ClN5O5. The van der Waals surface area contributed by atoms with Crippen molar-refractivity contribution in [2.75, 3.05) is 17.2 Å². The predicted molar refractivity (Wildman–Crippen MR) is 137 cm³/mol. The third-order valence-electron chi connectivity index (χ3n) is 5.59. The van der Waals surface area contributed by atoms with Crippen LogP contribution in [-0.4, -0.2) is 32.7 Å². The number of hydrogen-bond donors (Lipinski definition) is 3. The lowest BCUT2D eigenvalue weighted by Gasteiger charge is -2.14. The Labute approximate surface area is 211 Å². The molecule has 0 saturated carbocycles. The Kier molecular flexibility index (Phi) is 8.64. The molecule has 10 nitrogen and oxygen atoms in total. The van der Waals surface area contributed by atoms with E-state index in [1.165, 1.54) is 22.8 Å². The standard InChI is InChI=1S/C25H26ClN5O5/c1-3-30-21-7-6-17(12-19(21)24(35)31(8-9-32)25(30)36)28-22(33)10-15(2)11-23(34)29-18-5-4-16(14-27)20(26)13-18/h4-7,12-13,15,32H,3,8-11H2,1-2H3,(H,28,33)(H,29,34). The van der Waals surface area contributed by atoms with Crippen molar-refractivity contribution in [2.45, 2.75) is 39.8 Å². The van der Waals surface area contributed by atoms with Crippen molar-refractivity contribution in [1.82, 2.24) is 9.13 Å². The van der Waals surface area contributed by atoms with E-state index in [-0.39, 0.29) is 54.1 Å². The number of nitrogens with zero attached hydrogens (tertiary/aromatic N) is 3. The molecular weight excluding hydrogens is 486 g/mol. The smallest absolute Gasteiger partial charge is 0.331 e. The molecule has 0 bridgehead atoms. The first-order valence-corrected chi connectivity index (χ1v) is 11.7. The van der Waals surface area contributed by atoms with Gasteiger partial charge in [-0.1, -0.05) is 18.5 Å². The predicted octanol–water partition coefficient (Wildman–Crippen LogP) is 2.69. The van der Waals surface area contributed by atoms with Gasteiger partial charge in [0.1, 0.15) is 6.07 Å². The SMILES string of the molecule is CCn1c(=O)n(CCO)c(=O)c2cc(NC(=O)CC(C)CC(=O)Nc3ccc(C#N)c(Cl)c3)ccc21. The molecule has 1 aromatic heterocycles. The maximum absolute atomic E-state index is 12.8. The van der Waals surface area contributed by atoms with Crippen LogP contribution in [0.2, 0.25) is 5.02 Å². The van der Waals surface area contributed by atoms with Crippen LogP contribution in [0.1, 0.15) is 32.3 Å². The van der Waals surface area contributed by atoms with E-state index >= 15 is 0 Å². The van der Waals surface area contributed by atoms with E-state index in [1.807, 2.05) is 6.07 Å². The van der Waals surface area contributed by atoms with Gasteiger partial charge in [-0.05, 0) is 49.2 Å². The number of anilines is 2. The van der Waals surface area contributed by atoms with Crippen LogP contribution in [0.3, 0.4) is 0 Å². The third-order valence-corrected chi connectivity index (χ3v) is 5.90. The van der Waals surface area contributed by atoms with Crippen molar-refractivity contribution in [3.8, 4) is 6.07 Å². The lowest BCUT2D eigenvalue weighted by Crippen LogP contribution is -2.40. The topological polar surface area (TPSA) is 146 Å². The van der Waals surface area contributed by atoms with E-state index in [9.17, 15) is 24.3 Å². The van der Waals surface area contributed by atoms with Crippen molar-refractivity contribution in [1.29, 1.82) is 5.26 Å². The third kappa shape index (κ3) is 6.00. The van der Waals surface area contributed by atoms with Gasteiger partial charge in [-0.15, -0.1) is 0 Å². The van der Waals surface area contributed by atoms with E-state index in [4.69, 9.17) is 16.9 Å². The fourth-order valence-corrected chi connectivity index (χ4v) is 4.14. The van der Waals surface area contributed by atoms with E-state index in [0.29, 0.717) is 29.0 Å². The normalized spacial score (nSPS) is 11.6. The van der Waals surface area contributed by atoms with Gasteiger partial charge in [-0.25, -0.2) is 4.79 Å². The Balaban J connectivity index is 1.68. The molecule has 2 aromatic carbocycles. The first-order valence-electron chi connectivity index (χ1n) is 11.4. The number of rotatable bonds is 9. The zero-order valence-corrected chi connectivity index (χ0v) is 20.6. The average Bonchev–Trinajstić information content (AvgIpc) is 2.82. The highest BCUT2D eigenvalue weighted by Gasteiger charge is 2.16. The molecule has 3 N–H and O–H groups in total. The Morgan fingerprint density at radius 3 is 2.22 bits per heavy atom. The van der Waals surface area contributed by atoms with Gasteiger partial charge in [-0.2, -0.15) is 5.26 Å². The van der Waals surface area contributed by atoms with Crippen LogP contribution in [-0.2, 0) is 22.7 Å². The number of carbonyl (C=O) groups is 2. The van der Waals surface area contributed by atoms with E-state index in [2.05, 4.69) is 10.6 Å². The van der Waals surface area contributed by atoms with Gasteiger partial charge in [-0.3, -0.25) is 23.5 Å². The molecule has 0 radical (unpaired) electrons. The lowest BCUT2D eigenvalue weighted by molar-refractivity contribution is -0.118. The number of aliphatic hydroxyl groups is 1. The summed E-state index contributed by atoms with van der Waals surface area (Å²) in [6.45, 7) is 3.39. The monoisotopic (exact) mass is 511 g/mol. The maximum atomic E-state index is 12.8. The molecule has 11 heteroatoms. The number of hydrogen-bond acceptors (Lipinski definition) is 6. The molecule has 3 aromatic rings. The highest BCUT2D eigenvalue weighted by molar-refractivity contribution is 6.32. The molecule has 188 valence electrons. The molecule has 3 rings (SSSR count). The number of nitriles is 1. The first kappa shape index (κ1) is 26.7. The van der Waals surface area contributed by atoms with Crippen molar-refractivity contribution in [3.63, 3.8) is 0 Å². The van der Waals surface area contributed by atoms with Gasteiger partial charge in [0.2, 0.25) is 11.8 Å². The molecule has 0 aliphatic rings. The van der Waals surface area contributed by atoms with Gasteiger partial charge < -0.3 is 15.7 Å². The molecule has 0 aliphatic carbocycles. The summed E-state index contributed by atoms with van der Waals surface area (Å²) < 4.78 is 2.40. The summed E-state index contributed by atoms with van der Waals surface area (Å²) in [6, 6.07) is 11.2. The van der Waals surface area contributed by atoms with E-state index in [1.54, 1.807) is 32.0 Å². The zero-order chi connectivity index (χ0) is 26.4. The van der Waals surface area contributed by atoms with Crippen LogP contribution in [0, 0.1) is 17.2 Å². The maximum Gasteiger partial charge on any atom is 0.331 e. The van der Waals surface area contributed by atoms with Crippen molar-refractivity contribution >= 4 is 45.7 Å². The summed E-state index contributed by atoms with van der Waals surface area (Å²) in [5.74, 6) is -0.925. The van der Waals surface area contributed by atoms with Gasteiger partial charge in [0.05, 0.1) is 34.6 Å². The lowest BCUT2D eigenvalue weighted by atomic mass is 10.0. The minimum atomic E-state index is -0.544. The summed E-state index contributed by atoms with van der Waals surface area (Å²) in [5.41, 5.74) is 0.528. The highest BCUT2D eigenvalue weighted by Crippen LogP contribution is 2.21. The number of halogens is 1. The summed E-state index contributed by atoms with van der Waals surface area (Å²) in [6.07, 6.45) is 0.139. The minimum Gasteiger partial charge on any atom is -0.395 e. The summed E-state index contributed by atoms with van der Waals surface area (Å²) >= 11 is 5.98. The Hall–Kier alpha value is -3.94. The molecule has 36 heavy (non-hydrogen) atoms. The Morgan fingerprint density at radius 1 is 1.06 bits per heavy atom. The molecule has 0 aliphatic heterocycles. The highest BCUT2D eigenvalue weighted by atomic mass is 35.5. The molecule has 0 fully saturated rings. The minimum absolute atomic E-state index is 0.0583. The molecule has 1 unspecified atom stereocenters. The molecule has 0 saturated heterocycles. The van der Waals surface area contributed by atoms with Crippen molar-refractivity contribution in [2.24, 2.45) is 5.92 Å². The number of aryl methyl sites for hydroxylation is 1. The second kappa shape index (κ2) is 11.7. The average molecular weight is 512 g/mol. The van der Waals surface area contributed by atoms with Crippen LogP contribution < -0.4 is 21.9 Å². The second-order valence-electron chi connectivity index (χ2n) is 8.36. The fraction of sp³-hybridized carbons (Fsp3) is 0.320. The Morgan fingerprint density at radius 2 is 1.67 bits per heavy atom. The van der Waals surface area contributed by atoms with Gasteiger partial charge in [0, 0.05) is 30.8 Å². The van der Waals surface area contributed by atoms with Gasteiger partial charge in [0.25, 0.3) is 5.56 Å². The number of carbonyl (C=O) groups excluding carboxylic acids is 2. The molecule has 2 amide bonds. The molecule has 1 atom stereocenters. The summed E-state index contributed by atoms with van der Waals surface area (Å²) in [4.78, 5) is 50.3. The second-order valence-corrected chi connectivity index (χ2v) is 8.76. The largest absolute Gasteiger partial charge is 0.395 e. The van der Waals surface area contributed by atoms with Gasteiger partial charge >= 0.3 is 5.69 Å². The van der Waals surface area contributed by atoms with Crippen LogP contribution in [0.5, 0.6) is 0 Å². The Bertz CT molecular complexity index is 1470. The van der Waals surface area contributed by atoms with Crippen LogP contribution in [0.15, 0.2) is 46.0 Å². The zero-order valence-electron chi connectivity index (χ0n) is 19.9. The number of benzene rings is 2. The van der Waals surface area contributed by atoms with E-state index < -0.39 is 11.2 Å². The number of aromatic nitrogens is 2. The fourth-order valence-electron chi connectivity index (χ4n) is 3.92. The van der Waals surface area contributed by atoms with Crippen LogP contribution in [0.25, 0.3) is 10.9 Å². The number of fused-ring (bicyclic) bond motifs is 1. The number of aliphatic hydroxyl groups excluding tert-OH is 1. The first-order chi connectivity index (χ1) is 17.2. The van der Waals surface area contributed by atoms with Crippen LogP contribution in [0.4, 0.5) is 11.4 Å². The molecule has 0 spiro atoms. The quantitative estimate of drug-likeness (QED) is 0.402. The summed E-state index contributed by atoms with van der Waals surface area (Å²) in [7, 11) is 0. The summed E-state index contributed by atoms with van der Waals surface area (Å²) in [5, 5.41) is 24.1. The van der Waals surface area contributed by atoms with Crippen molar-refractivity contribution < 1.29 is 14.7 Å². The number of nitrogens with one attached hydrogen (secondary N) is 2. The number of amides is 2. The van der Waals surface area contributed by atoms with Crippen molar-refractivity contribution in [3.05, 3.63) is 67.8 Å². The van der Waals surface area contributed by atoms with Gasteiger partial charge in [0.15, 0.2) is 0 Å².